The Hall–Kier alpha value is -0.870. The summed E-state index contributed by atoms with van der Waals surface area (Å²) in [4.78, 5) is 8.78. The first-order chi connectivity index (χ1) is 9.08. The van der Waals surface area contributed by atoms with Gasteiger partial charge in [-0.3, -0.25) is 0 Å². The highest BCUT2D eigenvalue weighted by Gasteiger charge is 2.08. The Balaban J connectivity index is 2.56. The number of halogens is 1. The Kier molecular flexibility index (Phi) is 7.10. The number of aliphatic hydroxyl groups excluding tert-OH is 1. The molecule has 1 aromatic rings. The number of rotatable bonds is 8. The topological polar surface area (TPSA) is 58.0 Å². The van der Waals surface area contributed by atoms with Crippen LogP contribution in [0.3, 0.4) is 0 Å². The molecular weight excluding hydrogens is 262 g/mol. The van der Waals surface area contributed by atoms with Crippen molar-refractivity contribution < 1.29 is 5.11 Å². The van der Waals surface area contributed by atoms with E-state index in [2.05, 4.69) is 22.2 Å². The number of aryl methyl sites for hydroxylation is 1. The van der Waals surface area contributed by atoms with Gasteiger partial charge in [-0.15, -0.1) is 0 Å². The summed E-state index contributed by atoms with van der Waals surface area (Å²) in [6, 6.07) is 0. The van der Waals surface area contributed by atoms with Crippen LogP contribution in [-0.4, -0.2) is 28.2 Å². The van der Waals surface area contributed by atoms with Crippen molar-refractivity contribution in [1.82, 2.24) is 9.97 Å². The molecule has 0 aliphatic heterocycles. The Morgan fingerprint density at radius 1 is 1.37 bits per heavy atom. The van der Waals surface area contributed by atoms with Crippen molar-refractivity contribution in [2.24, 2.45) is 5.92 Å². The number of aliphatic hydroxyl groups is 1. The minimum atomic E-state index is 0.249. The number of hydrogen-bond acceptors (Lipinski definition) is 4. The first-order valence-corrected chi connectivity index (χ1v) is 7.34. The highest BCUT2D eigenvalue weighted by molar-refractivity contribution is 6.30. The normalized spacial score (nSPS) is 12.5. The van der Waals surface area contributed by atoms with Gasteiger partial charge in [0, 0.05) is 25.1 Å². The monoisotopic (exact) mass is 285 g/mol. The van der Waals surface area contributed by atoms with Gasteiger partial charge in [-0.25, -0.2) is 9.97 Å². The van der Waals surface area contributed by atoms with E-state index in [0.717, 1.165) is 49.4 Å². The molecule has 4 nitrogen and oxygen atoms in total. The highest BCUT2D eigenvalue weighted by Crippen LogP contribution is 2.20. The standard InChI is InChI=1S/C14H24ClN3O/c1-4-6-12-17-13(15)11(3)14(18-12)16-8-5-7-10(2)9-19/h10,19H,4-9H2,1-3H3,(H,16,17,18). The summed E-state index contributed by atoms with van der Waals surface area (Å²) in [5.41, 5.74) is 0.900. The van der Waals surface area contributed by atoms with E-state index in [9.17, 15) is 0 Å². The van der Waals surface area contributed by atoms with Crippen LogP contribution in [0.25, 0.3) is 0 Å². The molecule has 0 bridgehead atoms. The van der Waals surface area contributed by atoms with Gasteiger partial charge in [0.15, 0.2) is 0 Å². The third-order valence-corrected chi connectivity index (χ3v) is 3.45. The van der Waals surface area contributed by atoms with E-state index in [-0.39, 0.29) is 6.61 Å². The van der Waals surface area contributed by atoms with Crippen molar-refractivity contribution in [3.63, 3.8) is 0 Å². The average molecular weight is 286 g/mol. The molecule has 0 fully saturated rings. The summed E-state index contributed by atoms with van der Waals surface area (Å²) >= 11 is 6.12. The molecule has 1 rings (SSSR count). The fraction of sp³-hybridized carbons (Fsp3) is 0.714. The van der Waals surface area contributed by atoms with Gasteiger partial charge in [0.25, 0.3) is 0 Å². The van der Waals surface area contributed by atoms with E-state index in [4.69, 9.17) is 16.7 Å². The van der Waals surface area contributed by atoms with Crippen molar-refractivity contribution in [3.8, 4) is 0 Å². The second-order valence-corrected chi connectivity index (χ2v) is 5.37. The smallest absolute Gasteiger partial charge is 0.137 e. The summed E-state index contributed by atoms with van der Waals surface area (Å²) in [5.74, 6) is 1.98. The van der Waals surface area contributed by atoms with Gasteiger partial charge in [-0.05, 0) is 32.1 Å². The molecule has 2 N–H and O–H groups in total. The predicted octanol–water partition coefficient (Wildman–Crippen LogP) is 3.21. The van der Waals surface area contributed by atoms with Gasteiger partial charge in [0.1, 0.15) is 16.8 Å². The average Bonchev–Trinajstić information content (AvgIpc) is 2.39. The van der Waals surface area contributed by atoms with Gasteiger partial charge >= 0.3 is 0 Å². The molecule has 0 aromatic carbocycles. The molecule has 0 aliphatic carbocycles. The lowest BCUT2D eigenvalue weighted by atomic mass is 10.1. The lowest BCUT2D eigenvalue weighted by Gasteiger charge is -2.12. The maximum atomic E-state index is 8.97. The number of anilines is 1. The third-order valence-electron chi connectivity index (χ3n) is 3.08. The molecule has 0 radical (unpaired) electrons. The fourth-order valence-electron chi connectivity index (χ4n) is 1.79. The van der Waals surface area contributed by atoms with Gasteiger partial charge in [-0.1, -0.05) is 25.4 Å². The summed E-state index contributed by atoms with van der Waals surface area (Å²) in [7, 11) is 0. The van der Waals surface area contributed by atoms with Crippen LogP contribution >= 0.6 is 11.6 Å². The molecule has 0 spiro atoms. The summed E-state index contributed by atoms with van der Waals surface area (Å²) in [6.45, 7) is 7.16. The number of aromatic nitrogens is 2. The highest BCUT2D eigenvalue weighted by atomic mass is 35.5. The van der Waals surface area contributed by atoms with Crippen LogP contribution in [0.1, 0.15) is 44.5 Å². The number of nitrogens with one attached hydrogen (secondary N) is 1. The van der Waals surface area contributed by atoms with Gasteiger partial charge in [0.2, 0.25) is 0 Å². The predicted molar refractivity (Wildman–Crippen MR) is 79.7 cm³/mol. The van der Waals surface area contributed by atoms with Crippen LogP contribution in [0, 0.1) is 12.8 Å². The fourth-order valence-corrected chi connectivity index (χ4v) is 1.98. The van der Waals surface area contributed by atoms with Crippen LogP contribution in [0.5, 0.6) is 0 Å². The van der Waals surface area contributed by atoms with Crippen LogP contribution in [-0.2, 0) is 6.42 Å². The SMILES string of the molecule is CCCc1nc(Cl)c(C)c(NCCCC(C)CO)n1. The molecule has 19 heavy (non-hydrogen) atoms. The molecule has 0 saturated heterocycles. The first kappa shape index (κ1) is 16.2. The van der Waals surface area contributed by atoms with Crippen molar-refractivity contribution >= 4 is 17.4 Å². The molecule has 0 amide bonds. The zero-order valence-electron chi connectivity index (χ0n) is 12.0. The second kappa shape index (κ2) is 8.33. The summed E-state index contributed by atoms with van der Waals surface area (Å²) in [6.07, 6.45) is 3.86. The Morgan fingerprint density at radius 2 is 2.11 bits per heavy atom. The lowest BCUT2D eigenvalue weighted by molar-refractivity contribution is 0.229. The Morgan fingerprint density at radius 3 is 2.74 bits per heavy atom. The van der Waals surface area contributed by atoms with E-state index < -0.39 is 0 Å². The second-order valence-electron chi connectivity index (χ2n) is 5.01. The van der Waals surface area contributed by atoms with Crippen molar-refractivity contribution in [2.45, 2.75) is 46.5 Å². The first-order valence-electron chi connectivity index (χ1n) is 6.96. The van der Waals surface area contributed by atoms with Gasteiger partial charge in [0.05, 0.1) is 0 Å². The molecular formula is C14H24ClN3O. The van der Waals surface area contributed by atoms with Crippen molar-refractivity contribution in [2.75, 3.05) is 18.5 Å². The van der Waals surface area contributed by atoms with Crippen LogP contribution in [0.2, 0.25) is 5.15 Å². The molecule has 0 saturated carbocycles. The maximum absolute atomic E-state index is 8.97. The lowest BCUT2D eigenvalue weighted by Crippen LogP contribution is -2.10. The molecule has 108 valence electrons. The third kappa shape index (κ3) is 5.33. The molecule has 0 aliphatic rings. The van der Waals surface area contributed by atoms with Crippen LogP contribution in [0.4, 0.5) is 5.82 Å². The largest absolute Gasteiger partial charge is 0.396 e. The molecule has 1 unspecified atom stereocenters. The van der Waals surface area contributed by atoms with Crippen LogP contribution in [0.15, 0.2) is 0 Å². The number of nitrogens with zero attached hydrogens (tertiary/aromatic N) is 2. The van der Waals surface area contributed by atoms with E-state index in [1.165, 1.54) is 0 Å². The van der Waals surface area contributed by atoms with Crippen molar-refractivity contribution in [1.29, 1.82) is 0 Å². The van der Waals surface area contributed by atoms with Crippen molar-refractivity contribution in [3.05, 3.63) is 16.5 Å². The van der Waals surface area contributed by atoms with E-state index in [0.29, 0.717) is 11.1 Å². The Labute approximate surface area is 120 Å². The zero-order valence-corrected chi connectivity index (χ0v) is 12.8. The summed E-state index contributed by atoms with van der Waals surface area (Å²) < 4.78 is 0. The molecule has 1 aromatic heterocycles. The molecule has 1 atom stereocenters. The minimum Gasteiger partial charge on any atom is -0.396 e. The van der Waals surface area contributed by atoms with Gasteiger partial charge in [-0.2, -0.15) is 0 Å². The van der Waals surface area contributed by atoms with Crippen LogP contribution < -0.4 is 5.32 Å². The van der Waals surface area contributed by atoms with E-state index in [1.54, 1.807) is 0 Å². The molecule has 1 heterocycles. The molecule has 5 heteroatoms. The quantitative estimate of drug-likeness (QED) is 0.569. The van der Waals surface area contributed by atoms with E-state index >= 15 is 0 Å². The zero-order chi connectivity index (χ0) is 14.3. The van der Waals surface area contributed by atoms with E-state index in [1.807, 2.05) is 13.8 Å². The maximum Gasteiger partial charge on any atom is 0.137 e. The van der Waals surface area contributed by atoms with Gasteiger partial charge < -0.3 is 10.4 Å². The minimum absolute atomic E-state index is 0.249. The summed E-state index contributed by atoms with van der Waals surface area (Å²) in [5, 5.41) is 12.8. The number of hydrogen-bond donors (Lipinski definition) is 2. The Bertz CT molecular complexity index is 399.